The van der Waals surface area contributed by atoms with Crippen LogP contribution in [-0.2, 0) is 0 Å². The van der Waals surface area contributed by atoms with Gasteiger partial charge in [0.25, 0.3) is 8.32 Å². The van der Waals surface area contributed by atoms with Gasteiger partial charge < -0.3 is 9.53 Å². The molecule has 0 amide bonds. The highest BCUT2D eigenvalue weighted by Gasteiger charge is 2.46. The predicted octanol–water partition coefficient (Wildman–Crippen LogP) is 6.98. The molecule has 2 rings (SSSR count). The third kappa shape index (κ3) is 4.33. The number of benzene rings is 2. The van der Waals surface area contributed by atoms with Crippen LogP contribution in [0.15, 0.2) is 48.5 Å². The molecule has 2 aromatic rings. The second kappa shape index (κ2) is 8.60. The van der Waals surface area contributed by atoms with Crippen molar-refractivity contribution in [1.29, 1.82) is 0 Å². The van der Waals surface area contributed by atoms with Crippen molar-refractivity contribution in [2.24, 2.45) is 0 Å². The highest BCUT2D eigenvalue weighted by atomic mass is 35.5. The van der Waals surface area contributed by atoms with Crippen molar-refractivity contribution in [3.8, 4) is 5.75 Å². The first kappa shape index (κ1) is 21.0. The number of hydrogen-bond acceptors (Lipinski definition) is 2. The van der Waals surface area contributed by atoms with Gasteiger partial charge in [-0.05, 0) is 52.0 Å². The number of rotatable bonds is 7. The molecule has 2 aromatic carbocycles. The molecule has 0 aliphatic heterocycles. The summed E-state index contributed by atoms with van der Waals surface area (Å²) in [7, 11) is -1.96. The predicted molar refractivity (Wildman–Crippen MR) is 114 cm³/mol. The molecule has 0 bridgehead atoms. The van der Waals surface area contributed by atoms with Crippen molar-refractivity contribution >= 4 is 19.9 Å². The fraction of sp³-hybridized carbons (Fsp3) is 0.455. The van der Waals surface area contributed by atoms with Crippen LogP contribution in [-0.4, -0.2) is 13.4 Å². The molecule has 1 atom stereocenters. The van der Waals surface area contributed by atoms with Crippen LogP contribution in [0.1, 0.15) is 58.8 Å². The van der Waals surface area contributed by atoms with Crippen molar-refractivity contribution in [2.75, 3.05) is 0 Å². The SMILES string of the molecule is CC(C)[Si](Oc1ccc(C(O)c2ccc(Cl)cc2)cc1)(C(C)C)C(C)C. The van der Waals surface area contributed by atoms with Crippen LogP contribution in [0.4, 0.5) is 0 Å². The maximum atomic E-state index is 10.6. The van der Waals surface area contributed by atoms with Gasteiger partial charge in [0.1, 0.15) is 11.9 Å². The van der Waals surface area contributed by atoms with E-state index in [2.05, 4.69) is 41.5 Å². The zero-order valence-electron chi connectivity index (χ0n) is 16.7. The monoisotopic (exact) mass is 390 g/mol. The average Bonchev–Trinajstić information content (AvgIpc) is 2.59. The second-order valence-corrected chi connectivity index (χ2v) is 13.8. The van der Waals surface area contributed by atoms with E-state index in [9.17, 15) is 5.11 Å². The summed E-state index contributed by atoms with van der Waals surface area (Å²) in [6.45, 7) is 13.7. The van der Waals surface area contributed by atoms with Crippen LogP contribution >= 0.6 is 11.6 Å². The smallest absolute Gasteiger partial charge is 0.258 e. The van der Waals surface area contributed by atoms with Crippen LogP contribution in [0, 0.1) is 0 Å². The summed E-state index contributed by atoms with van der Waals surface area (Å²) in [6.07, 6.45) is -0.663. The molecule has 0 spiro atoms. The van der Waals surface area contributed by atoms with Gasteiger partial charge in [-0.25, -0.2) is 0 Å². The van der Waals surface area contributed by atoms with E-state index in [-0.39, 0.29) is 0 Å². The molecule has 4 heteroatoms. The average molecular weight is 391 g/mol. The van der Waals surface area contributed by atoms with Gasteiger partial charge in [0, 0.05) is 5.02 Å². The number of hydrogen-bond donors (Lipinski definition) is 1. The van der Waals surface area contributed by atoms with Crippen LogP contribution in [0.2, 0.25) is 21.6 Å². The van der Waals surface area contributed by atoms with Gasteiger partial charge in [-0.2, -0.15) is 0 Å². The van der Waals surface area contributed by atoms with E-state index in [1.165, 1.54) is 0 Å². The lowest BCUT2D eigenvalue weighted by Crippen LogP contribution is -2.50. The van der Waals surface area contributed by atoms with Crippen LogP contribution in [0.3, 0.4) is 0 Å². The van der Waals surface area contributed by atoms with Crippen molar-refractivity contribution in [3.63, 3.8) is 0 Å². The first-order valence-corrected chi connectivity index (χ1v) is 11.9. The molecule has 0 saturated heterocycles. The standard InChI is InChI=1S/C22H31ClO2Si/c1-15(2)26(16(3)4,17(5)6)25-21-13-9-19(10-14-21)22(24)18-7-11-20(23)12-8-18/h7-17,22,24H,1-6H3. The van der Waals surface area contributed by atoms with Gasteiger partial charge in [-0.1, -0.05) is 77.4 Å². The topological polar surface area (TPSA) is 29.5 Å². The fourth-order valence-electron chi connectivity index (χ4n) is 4.11. The maximum absolute atomic E-state index is 10.6. The molecule has 26 heavy (non-hydrogen) atoms. The molecule has 0 aliphatic carbocycles. The number of aliphatic hydroxyl groups is 1. The zero-order chi connectivity index (χ0) is 19.5. The van der Waals surface area contributed by atoms with E-state index in [0.29, 0.717) is 21.6 Å². The molecule has 0 heterocycles. The highest BCUT2D eigenvalue weighted by molar-refractivity contribution is 6.78. The Kier molecular flexibility index (Phi) is 6.95. The molecule has 1 unspecified atom stereocenters. The molecule has 1 N–H and O–H groups in total. The number of aliphatic hydroxyl groups excluding tert-OH is 1. The Morgan fingerprint density at radius 3 is 1.50 bits per heavy atom. The Labute approximate surface area is 164 Å². The van der Waals surface area contributed by atoms with Crippen molar-refractivity contribution in [2.45, 2.75) is 64.3 Å². The Hall–Kier alpha value is -1.29. The third-order valence-electron chi connectivity index (χ3n) is 5.38. The van der Waals surface area contributed by atoms with Crippen LogP contribution in [0.5, 0.6) is 5.75 Å². The molecular formula is C22H31ClO2Si. The Morgan fingerprint density at radius 1 is 0.731 bits per heavy atom. The van der Waals surface area contributed by atoms with Gasteiger partial charge in [0.15, 0.2) is 0 Å². The van der Waals surface area contributed by atoms with Crippen LogP contribution < -0.4 is 4.43 Å². The van der Waals surface area contributed by atoms with Gasteiger partial charge in [-0.15, -0.1) is 0 Å². The van der Waals surface area contributed by atoms with Crippen molar-refractivity contribution in [3.05, 3.63) is 64.7 Å². The van der Waals surface area contributed by atoms with Crippen molar-refractivity contribution < 1.29 is 9.53 Å². The van der Waals surface area contributed by atoms with E-state index in [1.54, 1.807) is 12.1 Å². The minimum Gasteiger partial charge on any atom is -0.543 e. The second-order valence-electron chi connectivity index (χ2n) is 7.94. The van der Waals surface area contributed by atoms with Gasteiger partial charge in [0.05, 0.1) is 0 Å². The molecular weight excluding hydrogens is 360 g/mol. The first-order chi connectivity index (χ1) is 12.2. The summed E-state index contributed by atoms with van der Waals surface area (Å²) in [5.41, 5.74) is 3.27. The van der Waals surface area contributed by atoms with Gasteiger partial charge >= 0.3 is 0 Å². The van der Waals surface area contributed by atoms with E-state index in [1.807, 2.05) is 36.4 Å². The third-order valence-corrected chi connectivity index (χ3v) is 11.6. The minimum absolute atomic E-state index is 0.529. The largest absolute Gasteiger partial charge is 0.543 e. The van der Waals surface area contributed by atoms with Crippen molar-refractivity contribution in [1.82, 2.24) is 0 Å². The Balaban J connectivity index is 2.24. The molecule has 2 nitrogen and oxygen atoms in total. The summed E-state index contributed by atoms with van der Waals surface area (Å²) in [5, 5.41) is 11.3. The molecule has 0 fully saturated rings. The number of halogens is 1. The highest BCUT2D eigenvalue weighted by Crippen LogP contribution is 2.42. The summed E-state index contributed by atoms with van der Waals surface area (Å²) in [5.74, 6) is 0.903. The molecule has 0 saturated carbocycles. The Bertz CT molecular complexity index is 671. The zero-order valence-corrected chi connectivity index (χ0v) is 18.4. The van der Waals surface area contributed by atoms with E-state index < -0.39 is 14.4 Å². The lowest BCUT2D eigenvalue weighted by molar-refractivity contribution is 0.220. The first-order valence-electron chi connectivity index (χ1n) is 9.41. The lowest BCUT2D eigenvalue weighted by atomic mass is 10.0. The normalized spacial score (nSPS) is 13.5. The fourth-order valence-corrected chi connectivity index (χ4v) is 9.49. The molecule has 142 valence electrons. The lowest BCUT2D eigenvalue weighted by Gasteiger charge is -2.42. The molecule has 0 radical (unpaired) electrons. The Morgan fingerprint density at radius 2 is 1.12 bits per heavy atom. The van der Waals surface area contributed by atoms with E-state index >= 15 is 0 Å². The van der Waals surface area contributed by atoms with Gasteiger partial charge in [-0.3, -0.25) is 0 Å². The maximum Gasteiger partial charge on any atom is 0.258 e. The minimum atomic E-state index is -1.96. The molecule has 0 aromatic heterocycles. The van der Waals surface area contributed by atoms with E-state index in [4.69, 9.17) is 16.0 Å². The summed E-state index contributed by atoms with van der Waals surface area (Å²) >= 11 is 5.93. The van der Waals surface area contributed by atoms with E-state index in [0.717, 1.165) is 16.9 Å². The summed E-state index contributed by atoms with van der Waals surface area (Å²) in [4.78, 5) is 0. The van der Waals surface area contributed by atoms with Gasteiger partial charge in [0.2, 0.25) is 0 Å². The summed E-state index contributed by atoms with van der Waals surface area (Å²) in [6, 6.07) is 15.2. The quantitative estimate of drug-likeness (QED) is 0.517. The summed E-state index contributed by atoms with van der Waals surface area (Å²) < 4.78 is 6.68. The van der Waals surface area contributed by atoms with Crippen LogP contribution in [0.25, 0.3) is 0 Å². The molecule has 0 aliphatic rings.